The Kier molecular flexibility index (Phi) is 6.10. The second-order valence-electron chi connectivity index (χ2n) is 5.72. The number of carbonyl (C=O) groups is 2. The van der Waals surface area contributed by atoms with E-state index < -0.39 is 21.7 Å². The number of nitrogens with zero attached hydrogens (tertiary/aromatic N) is 1. The third-order valence-corrected chi connectivity index (χ3v) is 4.80. The second kappa shape index (κ2) is 8.09. The molecule has 0 aromatic heterocycles. The van der Waals surface area contributed by atoms with Crippen LogP contribution in [0, 0.1) is 5.82 Å². The standard InChI is InChI=1S/C18H19FN2O4S/c1-13(22)14-6-5-7-15(12-14)20-18(23)10-11-21(26(2,24)25)17-9-4-3-8-16(17)19/h3-9,12H,10-11H2,1-2H3,(H,20,23). The van der Waals surface area contributed by atoms with Crippen molar-refractivity contribution in [1.82, 2.24) is 0 Å². The summed E-state index contributed by atoms with van der Waals surface area (Å²) in [5, 5.41) is 2.60. The van der Waals surface area contributed by atoms with Crippen LogP contribution in [0.25, 0.3) is 0 Å². The van der Waals surface area contributed by atoms with Crippen LogP contribution in [-0.2, 0) is 14.8 Å². The first-order valence-corrected chi connectivity index (χ1v) is 9.66. The molecule has 26 heavy (non-hydrogen) atoms. The maximum atomic E-state index is 13.9. The molecule has 2 aromatic rings. The lowest BCUT2D eigenvalue weighted by Gasteiger charge is -2.22. The zero-order valence-corrected chi connectivity index (χ0v) is 15.2. The van der Waals surface area contributed by atoms with Gasteiger partial charge in [-0.25, -0.2) is 12.8 Å². The largest absolute Gasteiger partial charge is 0.326 e. The van der Waals surface area contributed by atoms with Crippen LogP contribution in [0.5, 0.6) is 0 Å². The lowest BCUT2D eigenvalue weighted by atomic mass is 10.1. The van der Waals surface area contributed by atoms with Gasteiger partial charge in [-0.3, -0.25) is 13.9 Å². The van der Waals surface area contributed by atoms with E-state index in [2.05, 4.69) is 5.32 Å². The first-order chi connectivity index (χ1) is 12.2. The van der Waals surface area contributed by atoms with Crippen LogP contribution in [0.3, 0.4) is 0 Å². The monoisotopic (exact) mass is 378 g/mol. The van der Waals surface area contributed by atoms with Crippen molar-refractivity contribution in [3.05, 3.63) is 59.9 Å². The number of rotatable bonds is 7. The maximum absolute atomic E-state index is 13.9. The molecule has 0 atom stereocenters. The fourth-order valence-electron chi connectivity index (χ4n) is 2.36. The number of para-hydroxylation sites is 1. The molecule has 1 amide bonds. The van der Waals surface area contributed by atoms with Gasteiger partial charge in [0.05, 0.1) is 11.9 Å². The first-order valence-electron chi connectivity index (χ1n) is 7.81. The number of Topliss-reactive ketones (excluding diaryl/α,β-unsaturated/α-hetero) is 1. The fraction of sp³-hybridized carbons (Fsp3) is 0.222. The Hall–Kier alpha value is -2.74. The van der Waals surface area contributed by atoms with E-state index in [9.17, 15) is 22.4 Å². The van der Waals surface area contributed by atoms with Gasteiger partial charge in [0.15, 0.2) is 5.78 Å². The molecule has 0 aliphatic heterocycles. The van der Waals surface area contributed by atoms with E-state index in [0.29, 0.717) is 11.3 Å². The zero-order chi connectivity index (χ0) is 19.3. The Bertz CT molecular complexity index is 928. The molecule has 0 aliphatic rings. The van der Waals surface area contributed by atoms with E-state index >= 15 is 0 Å². The van der Waals surface area contributed by atoms with Gasteiger partial charge in [-0.05, 0) is 31.2 Å². The smallest absolute Gasteiger partial charge is 0.232 e. The van der Waals surface area contributed by atoms with Crippen LogP contribution in [0.1, 0.15) is 23.7 Å². The van der Waals surface area contributed by atoms with Gasteiger partial charge in [0.25, 0.3) is 0 Å². The summed E-state index contributed by atoms with van der Waals surface area (Å²) >= 11 is 0. The highest BCUT2D eigenvalue weighted by atomic mass is 32.2. The second-order valence-corrected chi connectivity index (χ2v) is 7.63. The normalized spacial score (nSPS) is 11.0. The Balaban J connectivity index is 2.09. The Labute approximate surface area is 151 Å². The van der Waals surface area contributed by atoms with Crippen LogP contribution in [0.2, 0.25) is 0 Å². The molecule has 0 fully saturated rings. The first kappa shape index (κ1) is 19.6. The molecule has 6 nitrogen and oxygen atoms in total. The van der Waals surface area contributed by atoms with E-state index in [1.807, 2.05) is 0 Å². The predicted molar refractivity (Wildman–Crippen MR) is 98.3 cm³/mol. The van der Waals surface area contributed by atoms with Crippen molar-refractivity contribution < 1.29 is 22.4 Å². The summed E-state index contributed by atoms with van der Waals surface area (Å²) < 4.78 is 38.7. The van der Waals surface area contributed by atoms with Crippen molar-refractivity contribution in [3.8, 4) is 0 Å². The summed E-state index contributed by atoms with van der Waals surface area (Å²) in [6, 6.07) is 11.9. The van der Waals surface area contributed by atoms with Crippen molar-refractivity contribution in [3.63, 3.8) is 0 Å². The van der Waals surface area contributed by atoms with E-state index in [1.54, 1.807) is 18.2 Å². The number of halogens is 1. The number of amides is 1. The average molecular weight is 378 g/mol. The average Bonchev–Trinajstić information content (AvgIpc) is 2.55. The Morgan fingerprint density at radius 2 is 1.81 bits per heavy atom. The highest BCUT2D eigenvalue weighted by Gasteiger charge is 2.21. The van der Waals surface area contributed by atoms with E-state index in [0.717, 1.165) is 16.6 Å². The minimum Gasteiger partial charge on any atom is -0.326 e. The molecule has 0 saturated carbocycles. The third kappa shape index (κ3) is 5.13. The third-order valence-electron chi connectivity index (χ3n) is 3.62. The molecule has 0 spiro atoms. The summed E-state index contributed by atoms with van der Waals surface area (Å²) in [5.74, 6) is -1.27. The minimum atomic E-state index is -3.76. The summed E-state index contributed by atoms with van der Waals surface area (Å²) in [6.07, 6.45) is 0.777. The van der Waals surface area contributed by atoms with Gasteiger partial charge < -0.3 is 5.32 Å². The molecule has 0 radical (unpaired) electrons. The lowest BCUT2D eigenvalue weighted by Crippen LogP contribution is -2.33. The van der Waals surface area contributed by atoms with Gasteiger partial charge in [-0.2, -0.15) is 0 Å². The van der Waals surface area contributed by atoms with Crippen molar-refractivity contribution in [1.29, 1.82) is 0 Å². The van der Waals surface area contributed by atoms with Gasteiger partial charge in [-0.15, -0.1) is 0 Å². The lowest BCUT2D eigenvalue weighted by molar-refractivity contribution is -0.116. The number of hydrogen-bond donors (Lipinski definition) is 1. The number of benzene rings is 2. The number of carbonyl (C=O) groups excluding carboxylic acids is 2. The van der Waals surface area contributed by atoms with Crippen molar-refractivity contribution in [2.24, 2.45) is 0 Å². The molecule has 0 bridgehead atoms. The molecular formula is C18H19FN2O4S. The number of nitrogens with one attached hydrogen (secondary N) is 1. The van der Waals surface area contributed by atoms with Gasteiger partial charge in [0.1, 0.15) is 5.82 Å². The molecule has 0 heterocycles. The van der Waals surface area contributed by atoms with Crippen molar-refractivity contribution >= 4 is 33.1 Å². The minimum absolute atomic E-state index is 0.110. The Morgan fingerprint density at radius 1 is 1.12 bits per heavy atom. The van der Waals surface area contributed by atoms with Crippen molar-refractivity contribution in [2.45, 2.75) is 13.3 Å². The van der Waals surface area contributed by atoms with Crippen molar-refractivity contribution in [2.75, 3.05) is 22.4 Å². The number of hydrogen-bond acceptors (Lipinski definition) is 4. The molecule has 138 valence electrons. The van der Waals surface area contributed by atoms with Crippen LogP contribution >= 0.6 is 0 Å². The number of ketones is 1. The van der Waals surface area contributed by atoms with Crippen LogP contribution < -0.4 is 9.62 Å². The molecule has 0 saturated heterocycles. The summed E-state index contributed by atoms with van der Waals surface area (Å²) in [6.45, 7) is 1.21. The van der Waals surface area contributed by atoms with Gasteiger partial charge in [-0.1, -0.05) is 24.3 Å². The summed E-state index contributed by atoms with van der Waals surface area (Å²) in [4.78, 5) is 23.5. The quantitative estimate of drug-likeness (QED) is 0.751. The van der Waals surface area contributed by atoms with Gasteiger partial charge in [0, 0.05) is 24.2 Å². The van der Waals surface area contributed by atoms with Crippen LogP contribution in [0.4, 0.5) is 15.8 Å². The molecule has 2 rings (SSSR count). The van der Waals surface area contributed by atoms with E-state index in [4.69, 9.17) is 0 Å². The van der Waals surface area contributed by atoms with E-state index in [-0.39, 0.29) is 24.4 Å². The molecule has 0 unspecified atom stereocenters. The highest BCUT2D eigenvalue weighted by Crippen LogP contribution is 2.21. The zero-order valence-electron chi connectivity index (χ0n) is 14.4. The predicted octanol–water partition coefficient (Wildman–Crippen LogP) is 2.82. The fourth-order valence-corrected chi connectivity index (χ4v) is 3.29. The summed E-state index contributed by atoms with van der Waals surface area (Å²) in [7, 11) is -3.76. The topological polar surface area (TPSA) is 83.6 Å². The number of sulfonamides is 1. The molecule has 8 heteroatoms. The summed E-state index contributed by atoms with van der Waals surface area (Å²) in [5.41, 5.74) is 0.771. The van der Waals surface area contributed by atoms with Crippen LogP contribution in [0.15, 0.2) is 48.5 Å². The number of anilines is 2. The molecule has 0 aliphatic carbocycles. The molecule has 1 N–H and O–H groups in total. The Morgan fingerprint density at radius 3 is 2.42 bits per heavy atom. The molecule has 2 aromatic carbocycles. The maximum Gasteiger partial charge on any atom is 0.232 e. The highest BCUT2D eigenvalue weighted by molar-refractivity contribution is 7.92. The van der Waals surface area contributed by atoms with Gasteiger partial charge >= 0.3 is 0 Å². The SMILES string of the molecule is CC(=O)c1cccc(NC(=O)CCN(c2ccccc2F)S(C)(=O)=O)c1. The van der Waals surface area contributed by atoms with E-state index in [1.165, 1.54) is 31.2 Å². The van der Waals surface area contributed by atoms with Crippen LogP contribution in [-0.4, -0.2) is 32.9 Å². The van der Waals surface area contributed by atoms with Gasteiger partial charge in [0.2, 0.25) is 15.9 Å². The molecular weight excluding hydrogens is 359 g/mol.